The van der Waals surface area contributed by atoms with Crippen LogP contribution in [0.5, 0.6) is 0 Å². The van der Waals surface area contributed by atoms with E-state index in [0.29, 0.717) is 6.10 Å². The Morgan fingerprint density at radius 1 is 1.40 bits per heavy atom. The molecule has 2 rings (SSSR count). The van der Waals surface area contributed by atoms with Gasteiger partial charge in [-0.1, -0.05) is 32.1 Å². The highest BCUT2D eigenvalue weighted by molar-refractivity contribution is 7.17. The van der Waals surface area contributed by atoms with Crippen LogP contribution in [-0.2, 0) is 10.2 Å². The van der Waals surface area contributed by atoms with Crippen molar-refractivity contribution in [1.82, 2.24) is 4.98 Å². The molecule has 0 bridgehead atoms. The molecule has 1 saturated heterocycles. The minimum Gasteiger partial charge on any atom is -0.378 e. The van der Waals surface area contributed by atoms with E-state index in [9.17, 15) is 4.79 Å². The molecule has 0 unspecified atom stereocenters. The minimum absolute atomic E-state index is 0.0887. The zero-order valence-corrected chi connectivity index (χ0v) is 13.6. The summed E-state index contributed by atoms with van der Waals surface area (Å²) >= 11 is 1.51. The van der Waals surface area contributed by atoms with Gasteiger partial charge >= 0.3 is 0 Å². The van der Waals surface area contributed by atoms with E-state index >= 15 is 0 Å². The third kappa shape index (κ3) is 3.38. The van der Waals surface area contributed by atoms with E-state index in [1.54, 1.807) is 0 Å². The van der Waals surface area contributed by atoms with Gasteiger partial charge in [-0.25, -0.2) is 4.98 Å². The minimum atomic E-state index is -0.0887. The summed E-state index contributed by atoms with van der Waals surface area (Å²) < 4.78 is 5.67. The highest BCUT2D eigenvalue weighted by atomic mass is 32.1. The highest BCUT2D eigenvalue weighted by Gasteiger charge is 2.27. The van der Waals surface area contributed by atoms with Gasteiger partial charge in [0.1, 0.15) is 0 Å². The fraction of sp³-hybridized carbons (Fsp3) is 0.733. The Morgan fingerprint density at radius 2 is 2.05 bits per heavy atom. The lowest BCUT2D eigenvalue weighted by molar-refractivity contribution is 0.0459. The second kappa shape index (κ2) is 6.22. The first-order valence-corrected chi connectivity index (χ1v) is 8.10. The molecule has 0 aromatic carbocycles. The number of hydrogen-bond donors (Lipinski definition) is 0. The van der Waals surface area contributed by atoms with E-state index in [4.69, 9.17) is 9.72 Å². The molecule has 4 nitrogen and oxygen atoms in total. The van der Waals surface area contributed by atoms with Crippen molar-refractivity contribution >= 4 is 22.8 Å². The average Bonchev–Trinajstić information content (AvgIpc) is 2.84. The third-order valence-electron chi connectivity index (χ3n) is 3.57. The van der Waals surface area contributed by atoms with Crippen LogP contribution in [0, 0.1) is 0 Å². The summed E-state index contributed by atoms with van der Waals surface area (Å²) in [6.45, 7) is 11.0. The molecule has 2 heterocycles. The zero-order chi connectivity index (χ0) is 14.8. The maximum atomic E-state index is 11.2. The molecule has 1 aliphatic heterocycles. The average molecular weight is 296 g/mol. The molecule has 0 atom stereocenters. The number of nitrogens with zero attached hydrogens (tertiary/aromatic N) is 2. The van der Waals surface area contributed by atoms with Gasteiger partial charge < -0.3 is 9.64 Å². The first kappa shape index (κ1) is 15.4. The van der Waals surface area contributed by atoms with Gasteiger partial charge in [0.15, 0.2) is 11.4 Å². The summed E-state index contributed by atoms with van der Waals surface area (Å²) in [7, 11) is 0. The molecular formula is C15H24N2O2S. The lowest BCUT2D eigenvalue weighted by Gasteiger charge is -2.31. The maximum absolute atomic E-state index is 11.2. The fourth-order valence-corrected chi connectivity index (χ4v) is 3.66. The number of carbonyl (C=O) groups excluding carboxylic acids is 1. The van der Waals surface area contributed by atoms with Crippen LogP contribution in [-0.4, -0.2) is 37.1 Å². The summed E-state index contributed by atoms with van der Waals surface area (Å²) in [5, 5.41) is 0.979. The van der Waals surface area contributed by atoms with Crippen molar-refractivity contribution in [1.29, 1.82) is 0 Å². The maximum Gasteiger partial charge on any atom is 0.186 e. The van der Waals surface area contributed by atoms with Crippen molar-refractivity contribution in [3.05, 3.63) is 10.6 Å². The fourth-order valence-electron chi connectivity index (χ4n) is 2.52. The van der Waals surface area contributed by atoms with Crippen LogP contribution in [0.15, 0.2) is 0 Å². The smallest absolute Gasteiger partial charge is 0.186 e. The first-order valence-electron chi connectivity index (χ1n) is 7.28. The van der Waals surface area contributed by atoms with Gasteiger partial charge in [-0.05, 0) is 19.8 Å². The van der Waals surface area contributed by atoms with E-state index in [2.05, 4.69) is 25.7 Å². The number of rotatable bonds is 4. The second-order valence-electron chi connectivity index (χ2n) is 6.22. The van der Waals surface area contributed by atoms with Crippen molar-refractivity contribution in [3.63, 3.8) is 0 Å². The Hall–Kier alpha value is -0.940. The van der Waals surface area contributed by atoms with Gasteiger partial charge in [0.25, 0.3) is 0 Å². The molecule has 1 aromatic heterocycles. The van der Waals surface area contributed by atoms with Gasteiger partial charge in [-0.15, -0.1) is 0 Å². The highest BCUT2D eigenvalue weighted by Crippen LogP contribution is 2.34. The predicted octanol–water partition coefficient (Wildman–Crippen LogP) is 3.26. The summed E-state index contributed by atoms with van der Waals surface area (Å²) in [5.41, 5.74) is 0.827. The van der Waals surface area contributed by atoms with Crippen molar-refractivity contribution in [2.75, 3.05) is 24.6 Å². The zero-order valence-electron chi connectivity index (χ0n) is 12.8. The van der Waals surface area contributed by atoms with Crippen molar-refractivity contribution in [3.8, 4) is 0 Å². The molecule has 0 amide bonds. The van der Waals surface area contributed by atoms with Gasteiger partial charge in [0.2, 0.25) is 0 Å². The van der Waals surface area contributed by atoms with Crippen LogP contribution in [0.1, 0.15) is 55.9 Å². The molecule has 1 aliphatic rings. The van der Waals surface area contributed by atoms with E-state index < -0.39 is 0 Å². The summed E-state index contributed by atoms with van der Waals surface area (Å²) in [4.78, 5) is 19.0. The first-order chi connectivity index (χ1) is 9.45. The number of ether oxygens (including phenoxy) is 1. The summed E-state index contributed by atoms with van der Waals surface area (Å²) in [6.07, 6.45) is 3.39. The molecule has 0 spiro atoms. The van der Waals surface area contributed by atoms with Crippen LogP contribution >= 0.6 is 11.3 Å². The third-order valence-corrected chi connectivity index (χ3v) is 4.62. The van der Waals surface area contributed by atoms with E-state index in [0.717, 1.165) is 54.5 Å². The number of hydrogen-bond acceptors (Lipinski definition) is 5. The van der Waals surface area contributed by atoms with Crippen LogP contribution in [0.25, 0.3) is 0 Å². The van der Waals surface area contributed by atoms with Gasteiger partial charge in [0, 0.05) is 25.1 Å². The molecule has 1 fully saturated rings. The molecule has 0 aliphatic carbocycles. The largest absolute Gasteiger partial charge is 0.378 e. The molecule has 0 saturated carbocycles. The number of carbonyl (C=O) groups is 1. The Bertz CT molecular complexity index is 457. The number of aromatic nitrogens is 1. The monoisotopic (exact) mass is 296 g/mol. The second-order valence-corrected chi connectivity index (χ2v) is 7.23. The van der Waals surface area contributed by atoms with Crippen LogP contribution in [0.3, 0.4) is 0 Å². The molecule has 0 N–H and O–H groups in total. The Labute approximate surface area is 125 Å². The lowest BCUT2D eigenvalue weighted by Crippen LogP contribution is -2.37. The number of anilines is 1. The topological polar surface area (TPSA) is 42.4 Å². The number of aldehydes is 1. The molecule has 5 heteroatoms. The quantitative estimate of drug-likeness (QED) is 0.800. The SMILES string of the molecule is CCOC1CCN(c2nc(C(C)(C)C)c(C=O)s2)CC1. The van der Waals surface area contributed by atoms with Gasteiger partial charge in [0.05, 0.1) is 16.7 Å². The summed E-state index contributed by atoms with van der Waals surface area (Å²) in [6, 6.07) is 0. The molecule has 0 radical (unpaired) electrons. The molecular weight excluding hydrogens is 272 g/mol. The summed E-state index contributed by atoms with van der Waals surface area (Å²) in [5.74, 6) is 0. The predicted molar refractivity (Wildman–Crippen MR) is 83.1 cm³/mol. The normalized spacial score (nSPS) is 17.5. The molecule has 20 heavy (non-hydrogen) atoms. The molecule has 1 aromatic rings. The van der Waals surface area contributed by atoms with Crippen molar-refractivity contribution in [2.45, 2.75) is 52.1 Å². The van der Waals surface area contributed by atoms with Crippen LogP contribution in [0.4, 0.5) is 5.13 Å². The van der Waals surface area contributed by atoms with Crippen LogP contribution < -0.4 is 4.90 Å². The van der Waals surface area contributed by atoms with Gasteiger partial charge in [-0.3, -0.25) is 4.79 Å². The Morgan fingerprint density at radius 3 is 2.50 bits per heavy atom. The Kier molecular flexibility index (Phi) is 4.81. The standard InChI is InChI=1S/C15H24N2O2S/c1-5-19-11-6-8-17(9-7-11)14-16-13(15(2,3)4)12(10-18)20-14/h10-11H,5-9H2,1-4H3. The number of piperidine rings is 1. The Balaban J connectivity index is 2.11. The van der Waals surface area contributed by atoms with E-state index in [1.807, 2.05) is 6.92 Å². The van der Waals surface area contributed by atoms with Crippen LogP contribution in [0.2, 0.25) is 0 Å². The van der Waals surface area contributed by atoms with E-state index in [1.165, 1.54) is 11.3 Å². The van der Waals surface area contributed by atoms with Gasteiger partial charge in [-0.2, -0.15) is 0 Å². The van der Waals surface area contributed by atoms with Crippen molar-refractivity contribution < 1.29 is 9.53 Å². The molecule has 112 valence electrons. The van der Waals surface area contributed by atoms with Crippen molar-refractivity contribution in [2.24, 2.45) is 0 Å². The lowest BCUT2D eigenvalue weighted by atomic mass is 9.91. The number of thiazole rings is 1. The van der Waals surface area contributed by atoms with E-state index in [-0.39, 0.29) is 5.41 Å².